The van der Waals surface area contributed by atoms with E-state index in [2.05, 4.69) is 18.9 Å². The minimum absolute atomic E-state index is 0.0464. The van der Waals surface area contributed by atoms with E-state index in [4.69, 9.17) is 9.47 Å². The molecule has 17 heavy (non-hydrogen) atoms. The van der Waals surface area contributed by atoms with Crippen LogP contribution in [0.25, 0.3) is 0 Å². The Morgan fingerprint density at radius 3 is 2.47 bits per heavy atom. The Morgan fingerprint density at radius 2 is 1.76 bits per heavy atom. The lowest BCUT2D eigenvalue weighted by atomic mass is 9.85. The van der Waals surface area contributed by atoms with Gasteiger partial charge in [0.1, 0.15) is 0 Å². The van der Waals surface area contributed by atoms with E-state index in [0.717, 1.165) is 44.6 Å². The third-order valence-corrected chi connectivity index (χ3v) is 4.25. The van der Waals surface area contributed by atoms with Crippen molar-refractivity contribution in [1.29, 1.82) is 0 Å². The average Bonchev–Trinajstić information content (AvgIpc) is 2.38. The molecule has 1 aliphatic heterocycles. The molecule has 2 unspecified atom stereocenters. The van der Waals surface area contributed by atoms with Gasteiger partial charge in [-0.25, -0.2) is 0 Å². The van der Waals surface area contributed by atoms with Crippen LogP contribution in [0.1, 0.15) is 45.4 Å². The van der Waals surface area contributed by atoms with Crippen LogP contribution in [-0.4, -0.2) is 44.0 Å². The number of nitrogens with zero attached hydrogens (tertiary/aromatic N) is 1. The van der Waals surface area contributed by atoms with Crippen LogP contribution in [0.5, 0.6) is 0 Å². The van der Waals surface area contributed by atoms with E-state index in [1.807, 2.05) is 0 Å². The third-order valence-electron chi connectivity index (χ3n) is 4.25. The fraction of sp³-hybridized carbons (Fsp3) is 1.00. The molecule has 0 aromatic heterocycles. The normalized spacial score (nSPS) is 31.9. The van der Waals surface area contributed by atoms with E-state index >= 15 is 0 Å². The van der Waals surface area contributed by atoms with E-state index in [1.54, 1.807) is 0 Å². The Kier molecular flexibility index (Phi) is 5.26. The summed E-state index contributed by atoms with van der Waals surface area (Å²) in [6, 6.07) is 0.771. The minimum atomic E-state index is 0.0464. The van der Waals surface area contributed by atoms with Crippen molar-refractivity contribution in [3.05, 3.63) is 0 Å². The summed E-state index contributed by atoms with van der Waals surface area (Å²) in [4.78, 5) is 2.52. The molecule has 2 rings (SSSR count). The molecule has 3 heteroatoms. The van der Waals surface area contributed by atoms with Gasteiger partial charge in [-0.05, 0) is 32.2 Å². The molecule has 100 valence electrons. The number of rotatable bonds is 4. The molecule has 0 bridgehead atoms. The first-order valence-electron chi connectivity index (χ1n) is 7.21. The first kappa shape index (κ1) is 13.3. The van der Waals surface area contributed by atoms with Crippen LogP contribution in [0.4, 0.5) is 0 Å². The lowest BCUT2D eigenvalue weighted by Gasteiger charge is -2.37. The maximum absolute atomic E-state index is 5.59. The molecule has 1 aliphatic carbocycles. The Balaban J connectivity index is 1.70. The third kappa shape index (κ3) is 3.94. The van der Waals surface area contributed by atoms with Gasteiger partial charge >= 0.3 is 0 Å². The smallest absolute Gasteiger partial charge is 0.158 e. The summed E-state index contributed by atoms with van der Waals surface area (Å²) in [7, 11) is 2.26. The van der Waals surface area contributed by atoms with Gasteiger partial charge in [0.2, 0.25) is 0 Å². The molecular formula is C14H27NO2. The van der Waals surface area contributed by atoms with Gasteiger partial charge in [0.15, 0.2) is 6.29 Å². The summed E-state index contributed by atoms with van der Waals surface area (Å²) < 4.78 is 11.2. The number of hydrogen-bond acceptors (Lipinski definition) is 3. The van der Waals surface area contributed by atoms with Crippen LogP contribution < -0.4 is 0 Å². The second-order valence-electron chi connectivity index (χ2n) is 5.62. The van der Waals surface area contributed by atoms with Crippen LogP contribution in [0.15, 0.2) is 0 Å². The summed E-state index contributed by atoms with van der Waals surface area (Å²) >= 11 is 0. The molecule has 1 heterocycles. The van der Waals surface area contributed by atoms with Crippen LogP contribution in [0.3, 0.4) is 0 Å². The van der Waals surface area contributed by atoms with Crippen molar-refractivity contribution >= 4 is 0 Å². The monoisotopic (exact) mass is 241 g/mol. The van der Waals surface area contributed by atoms with Crippen LogP contribution >= 0.6 is 0 Å². The molecule has 0 N–H and O–H groups in total. The van der Waals surface area contributed by atoms with E-state index in [0.29, 0.717) is 0 Å². The van der Waals surface area contributed by atoms with Gasteiger partial charge in [0.05, 0.1) is 13.2 Å². The molecule has 1 saturated carbocycles. The van der Waals surface area contributed by atoms with Gasteiger partial charge in [-0.3, -0.25) is 0 Å². The van der Waals surface area contributed by atoms with Gasteiger partial charge in [-0.2, -0.15) is 0 Å². The van der Waals surface area contributed by atoms with Crippen LogP contribution in [0.2, 0.25) is 0 Å². The van der Waals surface area contributed by atoms with Crippen molar-refractivity contribution in [1.82, 2.24) is 4.90 Å². The van der Waals surface area contributed by atoms with Crippen molar-refractivity contribution < 1.29 is 9.47 Å². The first-order valence-corrected chi connectivity index (χ1v) is 7.21. The zero-order valence-corrected chi connectivity index (χ0v) is 11.4. The quantitative estimate of drug-likeness (QED) is 0.755. The molecule has 0 aromatic rings. The largest absolute Gasteiger partial charge is 0.353 e. The maximum atomic E-state index is 5.59. The lowest BCUT2D eigenvalue weighted by molar-refractivity contribution is -0.183. The molecule has 0 radical (unpaired) electrons. The van der Waals surface area contributed by atoms with Gasteiger partial charge < -0.3 is 14.4 Å². The Hall–Kier alpha value is -0.120. The van der Waals surface area contributed by atoms with Crippen molar-refractivity contribution in [3.63, 3.8) is 0 Å². The fourth-order valence-corrected chi connectivity index (χ4v) is 3.13. The molecule has 2 fully saturated rings. The van der Waals surface area contributed by atoms with Gasteiger partial charge in [0, 0.05) is 19.0 Å². The topological polar surface area (TPSA) is 21.7 Å². The second-order valence-corrected chi connectivity index (χ2v) is 5.62. The van der Waals surface area contributed by atoms with Crippen molar-refractivity contribution in [2.75, 3.05) is 26.8 Å². The molecule has 2 atom stereocenters. The molecular weight excluding hydrogens is 214 g/mol. The highest BCUT2D eigenvalue weighted by molar-refractivity contribution is 4.79. The average molecular weight is 241 g/mol. The minimum Gasteiger partial charge on any atom is -0.353 e. The first-order chi connectivity index (χ1) is 8.27. The summed E-state index contributed by atoms with van der Waals surface area (Å²) in [5.74, 6) is 0.849. The van der Waals surface area contributed by atoms with Crippen LogP contribution in [0, 0.1) is 5.92 Å². The van der Waals surface area contributed by atoms with Gasteiger partial charge in [-0.1, -0.05) is 19.8 Å². The predicted molar refractivity (Wildman–Crippen MR) is 69.0 cm³/mol. The molecule has 1 saturated heterocycles. The van der Waals surface area contributed by atoms with E-state index in [9.17, 15) is 0 Å². The number of ether oxygens (including phenoxy) is 2. The highest BCUT2D eigenvalue weighted by Gasteiger charge is 2.25. The van der Waals surface area contributed by atoms with Gasteiger partial charge in [0.25, 0.3) is 0 Å². The molecule has 0 amide bonds. The molecule has 0 spiro atoms. The standard InChI is InChI=1S/C14H27NO2/c1-12-6-3-4-7-13(12)15(2)9-8-14-16-10-5-11-17-14/h12-14H,3-11H2,1-2H3. The Morgan fingerprint density at radius 1 is 1.06 bits per heavy atom. The van der Waals surface area contributed by atoms with E-state index in [1.165, 1.54) is 25.7 Å². The zero-order valence-electron chi connectivity index (χ0n) is 11.4. The van der Waals surface area contributed by atoms with Gasteiger partial charge in [-0.15, -0.1) is 0 Å². The Bertz CT molecular complexity index is 216. The fourth-order valence-electron chi connectivity index (χ4n) is 3.13. The SMILES string of the molecule is CC1CCCCC1N(C)CCC1OCCCO1. The lowest BCUT2D eigenvalue weighted by Crippen LogP contribution is -2.41. The summed E-state index contributed by atoms with van der Waals surface area (Å²) in [5.41, 5.74) is 0. The van der Waals surface area contributed by atoms with Crippen molar-refractivity contribution in [2.24, 2.45) is 5.92 Å². The van der Waals surface area contributed by atoms with Crippen LogP contribution in [-0.2, 0) is 9.47 Å². The number of hydrogen-bond donors (Lipinski definition) is 0. The zero-order chi connectivity index (χ0) is 12.1. The van der Waals surface area contributed by atoms with Crippen molar-refractivity contribution in [3.8, 4) is 0 Å². The molecule has 2 aliphatic rings. The summed E-state index contributed by atoms with van der Waals surface area (Å²) in [5, 5.41) is 0. The summed E-state index contributed by atoms with van der Waals surface area (Å²) in [6.07, 6.45) is 7.68. The Labute approximate surface area is 105 Å². The highest BCUT2D eigenvalue weighted by atomic mass is 16.7. The second kappa shape index (κ2) is 6.72. The predicted octanol–water partition coefficient (Wildman–Crippen LogP) is 2.65. The van der Waals surface area contributed by atoms with E-state index in [-0.39, 0.29) is 6.29 Å². The highest BCUT2D eigenvalue weighted by Crippen LogP contribution is 2.27. The molecule has 3 nitrogen and oxygen atoms in total. The van der Waals surface area contributed by atoms with E-state index < -0.39 is 0 Å². The molecule has 0 aromatic carbocycles. The maximum Gasteiger partial charge on any atom is 0.158 e. The summed E-state index contributed by atoms with van der Waals surface area (Å²) in [6.45, 7) is 5.23. The van der Waals surface area contributed by atoms with Crippen molar-refractivity contribution in [2.45, 2.75) is 57.8 Å².